The average molecular weight is 277 g/mol. The van der Waals surface area contributed by atoms with Gasteiger partial charge in [-0.25, -0.2) is 4.79 Å². The highest BCUT2D eigenvalue weighted by Crippen LogP contribution is 2.23. The standard InChI is InChI=1S/C12H21ClN2O3/c1-12(2,3)18-11(16)15-6-4-9(5-7-15)8-10(13)14-17/h9,17H,4-8H2,1-3H3. The Morgan fingerprint density at radius 3 is 2.44 bits per heavy atom. The summed E-state index contributed by atoms with van der Waals surface area (Å²) in [6.07, 6.45) is 2.01. The van der Waals surface area contributed by atoms with E-state index in [1.165, 1.54) is 0 Å². The molecule has 0 spiro atoms. The number of amides is 1. The van der Waals surface area contributed by atoms with Crippen LogP contribution in [0, 0.1) is 5.92 Å². The fourth-order valence-electron chi connectivity index (χ4n) is 1.93. The molecule has 0 atom stereocenters. The normalized spacial score (nSPS) is 18.9. The molecule has 0 bridgehead atoms. The van der Waals surface area contributed by atoms with Crippen molar-refractivity contribution in [2.75, 3.05) is 13.1 Å². The molecule has 1 saturated heterocycles. The molecule has 104 valence electrons. The average Bonchev–Trinajstić information content (AvgIpc) is 2.27. The lowest BCUT2D eigenvalue weighted by atomic mass is 9.94. The van der Waals surface area contributed by atoms with Crippen LogP contribution in [0.15, 0.2) is 5.16 Å². The van der Waals surface area contributed by atoms with Gasteiger partial charge in [-0.2, -0.15) is 0 Å². The molecule has 0 saturated carbocycles. The zero-order chi connectivity index (χ0) is 13.8. The molecule has 1 aliphatic heterocycles. The summed E-state index contributed by atoms with van der Waals surface area (Å²) >= 11 is 5.68. The lowest BCUT2D eigenvalue weighted by molar-refractivity contribution is 0.0186. The molecule has 0 aromatic carbocycles. The van der Waals surface area contributed by atoms with E-state index in [-0.39, 0.29) is 11.3 Å². The second-order valence-corrected chi connectivity index (χ2v) is 6.03. The molecule has 1 fully saturated rings. The molecule has 0 radical (unpaired) electrons. The van der Waals surface area contributed by atoms with E-state index in [9.17, 15) is 4.79 Å². The largest absolute Gasteiger partial charge is 0.444 e. The Kier molecular flexibility index (Phi) is 5.26. The van der Waals surface area contributed by atoms with Crippen molar-refractivity contribution in [1.82, 2.24) is 4.90 Å². The molecule has 18 heavy (non-hydrogen) atoms. The molecule has 1 heterocycles. The van der Waals surface area contributed by atoms with Gasteiger partial charge in [0.2, 0.25) is 0 Å². The minimum Gasteiger partial charge on any atom is -0.444 e. The molecule has 6 heteroatoms. The summed E-state index contributed by atoms with van der Waals surface area (Å²) in [6, 6.07) is 0. The monoisotopic (exact) mass is 276 g/mol. The third kappa shape index (κ3) is 5.12. The third-order valence-electron chi connectivity index (χ3n) is 2.83. The second-order valence-electron chi connectivity index (χ2n) is 5.59. The molecular formula is C12H21ClN2O3. The fourth-order valence-corrected chi connectivity index (χ4v) is 2.14. The number of oxime groups is 1. The molecule has 1 amide bonds. The smallest absolute Gasteiger partial charge is 0.410 e. The minimum absolute atomic E-state index is 0.228. The van der Waals surface area contributed by atoms with Crippen molar-refractivity contribution >= 4 is 22.9 Å². The van der Waals surface area contributed by atoms with E-state index in [4.69, 9.17) is 21.5 Å². The van der Waals surface area contributed by atoms with Gasteiger partial charge < -0.3 is 14.8 Å². The first kappa shape index (κ1) is 15.1. The van der Waals surface area contributed by atoms with E-state index in [0.29, 0.717) is 25.4 Å². The fraction of sp³-hybridized carbons (Fsp3) is 0.833. The van der Waals surface area contributed by atoms with Crippen molar-refractivity contribution in [3.8, 4) is 0 Å². The van der Waals surface area contributed by atoms with Gasteiger partial charge >= 0.3 is 6.09 Å². The van der Waals surface area contributed by atoms with Crippen LogP contribution in [0.25, 0.3) is 0 Å². The van der Waals surface area contributed by atoms with Gasteiger partial charge in [0.15, 0.2) is 0 Å². The highest BCUT2D eigenvalue weighted by molar-refractivity contribution is 6.65. The number of hydrogen-bond donors (Lipinski definition) is 1. The van der Waals surface area contributed by atoms with E-state index >= 15 is 0 Å². The van der Waals surface area contributed by atoms with Gasteiger partial charge in [-0.05, 0) is 39.5 Å². The zero-order valence-corrected chi connectivity index (χ0v) is 11.9. The SMILES string of the molecule is CC(C)(C)OC(=O)N1CCC(CC(Cl)=NO)CC1. The van der Waals surface area contributed by atoms with Gasteiger partial charge in [0, 0.05) is 19.5 Å². The predicted octanol–water partition coefficient (Wildman–Crippen LogP) is 3.05. The summed E-state index contributed by atoms with van der Waals surface area (Å²) in [5.74, 6) is 0.368. The van der Waals surface area contributed by atoms with Crippen LogP contribution in [0.3, 0.4) is 0 Å². The van der Waals surface area contributed by atoms with E-state index in [0.717, 1.165) is 12.8 Å². The van der Waals surface area contributed by atoms with Crippen molar-refractivity contribution in [1.29, 1.82) is 0 Å². The number of halogens is 1. The van der Waals surface area contributed by atoms with Crippen LogP contribution in [0.5, 0.6) is 0 Å². The summed E-state index contributed by atoms with van der Waals surface area (Å²) < 4.78 is 5.31. The van der Waals surface area contributed by atoms with E-state index in [1.807, 2.05) is 20.8 Å². The van der Waals surface area contributed by atoms with Gasteiger partial charge in [-0.1, -0.05) is 16.8 Å². The Labute approximate surface area is 113 Å². The van der Waals surface area contributed by atoms with Crippen molar-refractivity contribution in [3.05, 3.63) is 0 Å². The lowest BCUT2D eigenvalue weighted by Crippen LogP contribution is -2.41. The number of piperidine rings is 1. The van der Waals surface area contributed by atoms with Crippen LogP contribution in [0.1, 0.15) is 40.0 Å². The van der Waals surface area contributed by atoms with Crippen molar-refractivity contribution in [2.45, 2.75) is 45.6 Å². The third-order valence-corrected chi connectivity index (χ3v) is 3.06. The number of nitrogens with zero attached hydrogens (tertiary/aromatic N) is 2. The maximum atomic E-state index is 11.8. The van der Waals surface area contributed by atoms with Crippen LogP contribution in [-0.2, 0) is 4.74 Å². The first-order chi connectivity index (χ1) is 8.31. The Morgan fingerprint density at radius 1 is 1.44 bits per heavy atom. The summed E-state index contributed by atoms with van der Waals surface area (Å²) in [7, 11) is 0. The van der Waals surface area contributed by atoms with Crippen LogP contribution in [0.2, 0.25) is 0 Å². The Morgan fingerprint density at radius 2 is 2.00 bits per heavy atom. The molecule has 1 rings (SSSR count). The van der Waals surface area contributed by atoms with Crippen molar-refractivity contribution in [3.63, 3.8) is 0 Å². The molecule has 5 nitrogen and oxygen atoms in total. The van der Waals surface area contributed by atoms with Crippen molar-refractivity contribution < 1.29 is 14.7 Å². The first-order valence-electron chi connectivity index (χ1n) is 6.16. The molecule has 0 unspecified atom stereocenters. The highest BCUT2D eigenvalue weighted by atomic mass is 35.5. The highest BCUT2D eigenvalue weighted by Gasteiger charge is 2.27. The molecular weight excluding hydrogens is 256 g/mol. The Balaban J connectivity index is 2.37. The van der Waals surface area contributed by atoms with E-state index < -0.39 is 5.60 Å². The summed E-state index contributed by atoms with van der Waals surface area (Å²) in [5, 5.41) is 11.7. The molecule has 0 aromatic heterocycles. The summed E-state index contributed by atoms with van der Waals surface area (Å²) in [6.45, 7) is 6.89. The van der Waals surface area contributed by atoms with Gasteiger partial charge in [-0.3, -0.25) is 0 Å². The van der Waals surface area contributed by atoms with Crippen molar-refractivity contribution in [2.24, 2.45) is 11.1 Å². The van der Waals surface area contributed by atoms with E-state index in [2.05, 4.69) is 5.16 Å². The quantitative estimate of drug-likeness (QED) is 0.479. The van der Waals surface area contributed by atoms with Crippen LogP contribution in [-0.4, -0.2) is 40.1 Å². The maximum Gasteiger partial charge on any atom is 0.410 e. The number of hydrogen-bond acceptors (Lipinski definition) is 4. The summed E-state index contributed by atoms with van der Waals surface area (Å²) in [4.78, 5) is 13.5. The molecule has 0 aliphatic carbocycles. The lowest BCUT2D eigenvalue weighted by Gasteiger charge is -2.33. The maximum absolute atomic E-state index is 11.8. The zero-order valence-electron chi connectivity index (χ0n) is 11.1. The predicted molar refractivity (Wildman–Crippen MR) is 70.2 cm³/mol. The molecule has 1 aliphatic rings. The van der Waals surface area contributed by atoms with Gasteiger partial charge in [0.25, 0.3) is 0 Å². The Hall–Kier alpha value is -0.970. The van der Waals surface area contributed by atoms with Crippen LogP contribution in [0.4, 0.5) is 4.79 Å². The molecule has 1 N–H and O–H groups in total. The topological polar surface area (TPSA) is 62.1 Å². The van der Waals surface area contributed by atoms with E-state index in [1.54, 1.807) is 4.90 Å². The van der Waals surface area contributed by atoms with Gasteiger partial charge in [0.05, 0.1) is 0 Å². The van der Waals surface area contributed by atoms with Gasteiger partial charge in [-0.15, -0.1) is 0 Å². The number of carbonyl (C=O) groups excluding carboxylic acids is 1. The van der Waals surface area contributed by atoms with Crippen LogP contribution >= 0.6 is 11.6 Å². The molecule has 0 aromatic rings. The van der Waals surface area contributed by atoms with Gasteiger partial charge in [0.1, 0.15) is 10.8 Å². The Bertz CT molecular complexity index is 318. The second kappa shape index (κ2) is 6.27. The number of ether oxygens (including phenoxy) is 1. The number of rotatable bonds is 2. The first-order valence-corrected chi connectivity index (χ1v) is 6.54. The minimum atomic E-state index is -0.458. The number of likely N-dealkylation sites (tertiary alicyclic amines) is 1. The number of carbonyl (C=O) groups is 1. The van der Waals surface area contributed by atoms with Crippen LogP contribution < -0.4 is 0 Å². The summed E-state index contributed by atoms with van der Waals surface area (Å²) in [5.41, 5.74) is -0.458.